The van der Waals surface area contributed by atoms with Gasteiger partial charge < -0.3 is 10.6 Å². The first-order chi connectivity index (χ1) is 10.1. The largest absolute Gasteiger partial charge is 0.399 e. The molecule has 1 aliphatic rings. The van der Waals surface area contributed by atoms with Crippen molar-refractivity contribution in [3.63, 3.8) is 0 Å². The molecule has 4 heteroatoms. The molecule has 1 heterocycles. The summed E-state index contributed by atoms with van der Waals surface area (Å²) in [5.74, 6) is 0. The lowest BCUT2D eigenvalue weighted by molar-refractivity contribution is 0.688. The highest BCUT2D eigenvalue weighted by molar-refractivity contribution is 6.35. The van der Waals surface area contributed by atoms with E-state index < -0.39 is 0 Å². The Balaban J connectivity index is 1.75. The van der Waals surface area contributed by atoms with Crippen LogP contribution in [0.3, 0.4) is 0 Å². The van der Waals surface area contributed by atoms with Gasteiger partial charge in [-0.15, -0.1) is 0 Å². The van der Waals surface area contributed by atoms with E-state index in [-0.39, 0.29) is 0 Å². The van der Waals surface area contributed by atoms with E-state index in [0.717, 1.165) is 42.2 Å². The minimum Gasteiger partial charge on any atom is -0.399 e. The van der Waals surface area contributed by atoms with Gasteiger partial charge in [-0.1, -0.05) is 29.3 Å². The van der Waals surface area contributed by atoms with Crippen molar-refractivity contribution in [3.05, 3.63) is 57.6 Å². The van der Waals surface area contributed by atoms with E-state index in [4.69, 9.17) is 28.9 Å². The van der Waals surface area contributed by atoms with Crippen molar-refractivity contribution in [3.8, 4) is 0 Å². The summed E-state index contributed by atoms with van der Waals surface area (Å²) in [5, 5.41) is 1.43. The molecule has 0 saturated heterocycles. The summed E-state index contributed by atoms with van der Waals surface area (Å²) >= 11 is 12.2. The molecule has 2 N–H and O–H groups in total. The van der Waals surface area contributed by atoms with Gasteiger partial charge in [0, 0.05) is 34.5 Å². The van der Waals surface area contributed by atoms with Gasteiger partial charge in [0.1, 0.15) is 0 Å². The minimum absolute atomic E-state index is 0.683. The Morgan fingerprint density at radius 1 is 1.10 bits per heavy atom. The van der Waals surface area contributed by atoms with Crippen LogP contribution in [0.1, 0.15) is 17.5 Å². The smallest absolute Gasteiger partial charge is 0.0453 e. The molecule has 1 aliphatic heterocycles. The van der Waals surface area contributed by atoms with Gasteiger partial charge in [-0.3, -0.25) is 0 Å². The van der Waals surface area contributed by atoms with Crippen molar-refractivity contribution in [2.45, 2.75) is 19.3 Å². The molecule has 110 valence electrons. The third-order valence-corrected chi connectivity index (χ3v) is 4.57. The van der Waals surface area contributed by atoms with Gasteiger partial charge >= 0.3 is 0 Å². The Hall–Kier alpha value is -1.38. The Labute approximate surface area is 135 Å². The minimum atomic E-state index is 0.683. The number of fused-ring (bicyclic) bond motifs is 1. The molecule has 2 aromatic rings. The fraction of sp³-hybridized carbons (Fsp3) is 0.294. The molecule has 0 spiro atoms. The van der Waals surface area contributed by atoms with Crippen LogP contribution in [-0.2, 0) is 12.8 Å². The van der Waals surface area contributed by atoms with Crippen LogP contribution in [0.4, 0.5) is 11.4 Å². The van der Waals surface area contributed by atoms with Crippen molar-refractivity contribution in [2.75, 3.05) is 23.7 Å². The second-order valence-electron chi connectivity index (χ2n) is 5.46. The van der Waals surface area contributed by atoms with Gasteiger partial charge in [-0.2, -0.15) is 0 Å². The molecule has 0 fully saturated rings. The molecule has 2 aromatic carbocycles. The molecule has 0 saturated carbocycles. The van der Waals surface area contributed by atoms with Crippen LogP contribution in [0.25, 0.3) is 0 Å². The van der Waals surface area contributed by atoms with Gasteiger partial charge in [0.2, 0.25) is 0 Å². The van der Waals surface area contributed by atoms with Crippen molar-refractivity contribution in [1.82, 2.24) is 0 Å². The number of aryl methyl sites for hydroxylation is 1. The first-order valence-electron chi connectivity index (χ1n) is 7.21. The van der Waals surface area contributed by atoms with Crippen molar-refractivity contribution < 1.29 is 0 Å². The molecule has 0 aliphatic carbocycles. The molecule has 3 rings (SSSR count). The normalized spacial score (nSPS) is 14.1. The summed E-state index contributed by atoms with van der Waals surface area (Å²) in [5.41, 5.74) is 10.5. The van der Waals surface area contributed by atoms with Crippen LogP contribution >= 0.6 is 23.2 Å². The number of rotatable bonds is 3. The van der Waals surface area contributed by atoms with E-state index in [1.54, 1.807) is 0 Å². The number of nitrogen functional groups attached to an aromatic ring is 1. The number of hydrogen-bond acceptors (Lipinski definition) is 2. The number of nitrogens with two attached hydrogens (primary N) is 1. The van der Waals surface area contributed by atoms with Crippen LogP contribution in [-0.4, -0.2) is 13.1 Å². The predicted octanol–water partition coefficient (Wildman–Crippen LogP) is 4.57. The number of nitrogens with zero attached hydrogens (tertiary/aromatic N) is 1. The number of hydrogen-bond donors (Lipinski definition) is 1. The van der Waals surface area contributed by atoms with Gasteiger partial charge in [0.25, 0.3) is 0 Å². The second kappa shape index (κ2) is 6.17. The monoisotopic (exact) mass is 320 g/mol. The maximum absolute atomic E-state index is 6.25. The van der Waals surface area contributed by atoms with Crippen LogP contribution in [0, 0.1) is 0 Å². The summed E-state index contributed by atoms with van der Waals surface area (Å²) in [4.78, 5) is 2.42. The Kier molecular flexibility index (Phi) is 4.27. The molecule has 0 amide bonds. The third kappa shape index (κ3) is 3.28. The van der Waals surface area contributed by atoms with E-state index in [0.29, 0.717) is 5.02 Å². The summed E-state index contributed by atoms with van der Waals surface area (Å²) in [7, 11) is 0. The average Bonchev–Trinajstić information content (AvgIpc) is 2.46. The molecule has 21 heavy (non-hydrogen) atoms. The van der Waals surface area contributed by atoms with E-state index >= 15 is 0 Å². The number of benzene rings is 2. The van der Waals surface area contributed by atoms with E-state index in [9.17, 15) is 0 Å². The molecule has 0 atom stereocenters. The van der Waals surface area contributed by atoms with Crippen LogP contribution < -0.4 is 10.6 Å². The zero-order valence-corrected chi connectivity index (χ0v) is 13.3. The lowest BCUT2D eigenvalue weighted by atomic mass is 10.0. The van der Waals surface area contributed by atoms with Crippen molar-refractivity contribution >= 4 is 34.6 Å². The molecule has 0 aromatic heterocycles. The number of halogens is 2. The number of anilines is 2. The van der Waals surface area contributed by atoms with Gasteiger partial charge in [-0.25, -0.2) is 0 Å². The topological polar surface area (TPSA) is 29.3 Å². The summed E-state index contributed by atoms with van der Waals surface area (Å²) in [6.45, 7) is 2.04. The van der Waals surface area contributed by atoms with Crippen molar-refractivity contribution in [2.24, 2.45) is 0 Å². The fourth-order valence-electron chi connectivity index (χ4n) is 2.91. The molecule has 0 bridgehead atoms. The summed E-state index contributed by atoms with van der Waals surface area (Å²) in [6, 6.07) is 11.9. The average molecular weight is 321 g/mol. The lowest BCUT2D eigenvalue weighted by Crippen LogP contribution is -2.31. The highest BCUT2D eigenvalue weighted by atomic mass is 35.5. The molecule has 0 radical (unpaired) electrons. The van der Waals surface area contributed by atoms with Crippen LogP contribution in [0.5, 0.6) is 0 Å². The Morgan fingerprint density at radius 2 is 1.95 bits per heavy atom. The first kappa shape index (κ1) is 14.6. The van der Waals surface area contributed by atoms with E-state index in [1.165, 1.54) is 17.7 Å². The van der Waals surface area contributed by atoms with Crippen LogP contribution in [0.2, 0.25) is 10.0 Å². The highest BCUT2D eigenvalue weighted by Gasteiger charge is 2.17. The lowest BCUT2D eigenvalue weighted by Gasteiger charge is -2.31. The Bertz CT molecular complexity index is 655. The molecule has 2 nitrogen and oxygen atoms in total. The van der Waals surface area contributed by atoms with Gasteiger partial charge in [0.05, 0.1) is 0 Å². The fourth-order valence-corrected chi connectivity index (χ4v) is 3.41. The zero-order valence-electron chi connectivity index (χ0n) is 11.8. The van der Waals surface area contributed by atoms with Gasteiger partial charge in [0.15, 0.2) is 0 Å². The Morgan fingerprint density at radius 3 is 2.76 bits per heavy atom. The van der Waals surface area contributed by atoms with E-state index in [2.05, 4.69) is 17.0 Å². The third-order valence-electron chi connectivity index (χ3n) is 3.98. The standard InChI is InChI=1S/C17H18Cl2N2/c18-14-4-3-12(16(19)11-14)7-9-21-8-1-2-13-10-15(20)5-6-17(13)21/h3-6,10-11H,1-2,7-9,20H2. The highest BCUT2D eigenvalue weighted by Crippen LogP contribution is 2.29. The van der Waals surface area contributed by atoms with E-state index in [1.807, 2.05) is 24.3 Å². The summed E-state index contributed by atoms with van der Waals surface area (Å²) < 4.78 is 0. The maximum Gasteiger partial charge on any atom is 0.0453 e. The van der Waals surface area contributed by atoms with Crippen molar-refractivity contribution in [1.29, 1.82) is 0 Å². The van der Waals surface area contributed by atoms with Crippen LogP contribution in [0.15, 0.2) is 36.4 Å². The summed E-state index contributed by atoms with van der Waals surface area (Å²) in [6.07, 6.45) is 3.20. The quantitative estimate of drug-likeness (QED) is 0.839. The molecule has 0 unspecified atom stereocenters. The molecular formula is C17H18Cl2N2. The maximum atomic E-state index is 6.25. The predicted molar refractivity (Wildman–Crippen MR) is 91.6 cm³/mol. The first-order valence-corrected chi connectivity index (χ1v) is 7.96. The second-order valence-corrected chi connectivity index (χ2v) is 6.31. The SMILES string of the molecule is Nc1ccc2c(c1)CCCN2CCc1ccc(Cl)cc1Cl. The zero-order chi connectivity index (χ0) is 14.8. The molecular weight excluding hydrogens is 303 g/mol. The van der Waals surface area contributed by atoms with Gasteiger partial charge in [-0.05, 0) is 60.7 Å².